The Balaban J connectivity index is 2.31. The summed E-state index contributed by atoms with van der Waals surface area (Å²) in [5.74, 6) is 0. The van der Waals surface area contributed by atoms with E-state index in [0.29, 0.717) is 19.3 Å². The van der Waals surface area contributed by atoms with Crippen LogP contribution in [0.15, 0.2) is 0 Å². The molecule has 4 heteroatoms. The van der Waals surface area contributed by atoms with Gasteiger partial charge < -0.3 is 14.8 Å². The number of ether oxygens (including phenoxy) is 2. The third kappa shape index (κ3) is 4.07. The molecule has 15 heavy (non-hydrogen) atoms. The highest BCUT2D eigenvalue weighted by atomic mass is 16.7. The van der Waals surface area contributed by atoms with Gasteiger partial charge in [-0.15, -0.1) is 0 Å². The summed E-state index contributed by atoms with van der Waals surface area (Å²) in [6, 6.07) is 0.665. The Morgan fingerprint density at radius 3 is 2.13 bits per heavy atom. The molecule has 0 aliphatic carbocycles. The molecule has 0 aromatic carbocycles. The van der Waals surface area contributed by atoms with E-state index in [1.165, 1.54) is 0 Å². The number of likely N-dealkylation sites (N-methyl/N-ethyl adjacent to an activating group) is 1. The largest absolute Gasteiger partial charge is 0.352 e. The van der Waals surface area contributed by atoms with Gasteiger partial charge in [0.15, 0.2) is 6.29 Å². The van der Waals surface area contributed by atoms with Crippen LogP contribution in [-0.4, -0.2) is 56.6 Å². The zero-order chi connectivity index (χ0) is 11.1. The van der Waals surface area contributed by atoms with Gasteiger partial charge in [-0.1, -0.05) is 6.92 Å². The molecule has 1 rings (SSSR count). The predicted octanol–water partition coefficient (Wildman–Crippen LogP) is 0.679. The highest BCUT2D eigenvalue weighted by Crippen LogP contribution is 2.07. The van der Waals surface area contributed by atoms with Gasteiger partial charge in [0.2, 0.25) is 0 Å². The standard InChI is InChI=1S/C11H24N2O2/c1-4-13(10-7-12-8-10)9-11(14-5-2)15-6-3/h10-12H,4-9H2,1-3H3. The van der Waals surface area contributed by atoms with Gasteiger partial charge in [-0.05, 0) is 20.4 Å². The molecule has 1 aliphatic rings. The van der Waals surface area contributed by atoms with Crippen LogP contribution < -0.4 is 5.32 Å². The lowest BCUT2D eigenvalue weighted by Gasteiger charge is -2.39. The third-order valence-corrected chi connectivity index (χ3v) is 2.77. The number of hydrogen-bond donors (Lipinski definition) is 1. The van der Waals surface area contributed by atoms with Gasteiger partial charge in [0.05, 0.1) is 0 Å². The minimum Gasteiger partial charge on any atom is -0.352 e. The number of rotatable bonds is 8. The van der Waals surface area contributed by atoms with Gasteiger partial charge in [0, 0.05) is 38.9 Å². The summed E-state index contributed by atoms with van der Waals surface area (Å²) < 4.78 is 11.1. The maximum Gasteiger partial charge on any atom is 0.170 e. The van der Waals surface area contributed by atoms with Crippen molar-refractivity contribution in [2.45, 2.75) is 33.1 Å². The van der Waals surface area contributed by atoms with Crippen LogP contribution >= 0.6 is 0 Å². The summed E-state index contributed by atoms with van der Waals surface area (Å²) in [7, 11) is 0. The molecule has 0 bridgehead atoms. The normalized spacial score (nSPS) is 17.4. The summed E-state index contributed by atoms with van der Waals surface area (Å²) in [6.45, 7) is 11.8. The minimum absolute atomic E-state index is 0.0689. The zero-order valence-electron chi connectivity index (χ0n) is 10.2. The fraction of sp³-hybridized carbons (Fsp3) is 1.00. The molecule has 1 fully saturated rings. The van der Waals surface area contributed by atoms with Crippen molar-refractivity contribution in [2.75, 3.05) is 39.4 Å². The molecule has 0 atom stereocenters. The second kappa shape index (κ2) is 7.17. The first kappa shape index (κ1) is 12.9. The van der Waals surface area contributed by atoms with E-state index in [2.05, 4.69) is 17.1 Å². The summed E-state index contributed by atoms with van der Waals surface area (Å²) in [5.41, 5.74) is 0. The van der Waals surface area contributed by atoms with E-state index in [4.69, 9.17) is 9.47 Å². The highest BCUT2D eigenvalue weighted by molar-refractivity contribution is 4.84. The SMILES string of the molecule is CCOC(CN(CC)C1CNC1)OCC. The lowest BCUT2D eigenvalue weighted by molar-refractivity contribution is -0.151. The number of nitrogens with one attached hydrogen (secondary N) is 1. The third-order valence-electron chi connectivity index (χ3n) is 2.77. The monoisotopic (exact) mass is 216 g/mol. The van der Waals surface area contributed by atoms with Crippen LogP contribution in [0.25, 0.3) is 0 Å². The van der Waals surface area contributed by atoms with Gasteiger partial charge in [0.1, 0.15) is 0 Å². The van der Waals surface area contributed by atoms with Crippen molar-refractivity contribution in [1.29, 1.82) is 0 Å². The lowest BCUT2D eigenvalue weighted by atomic mass is 10.1. The lowest BCUT2D eigenvalue weighted by Crippen LogP contribution is -2.58. The first-order valence-electron chi connectivity index (χ1n) is 5.99. The summed E-state index contributed by atoms with van der Waals surface area (Å²) in [5, 5.41) is 3.29. The fourth-order valence-electron chi connectivity index (χ4n) is 1.78. The second-order valence-electron chi connectivity index (χ2n) is 3.74. The number of nitrogens with zero attached hydrogens (tertiary/aromatic N) is 1. The molecule has 0 saturated carbocycles. The molecule has 1 heterocycles. The molecule has 1 aliphatic heterocycles. The minimum atomic E-state index is -0.0689. The molecular formula is C11H24N2O2. The van der Waals surface area contributed by atoms with Crippen LogP contribution in [-0.2, 0) is 9.47 Å². The average Bonchev–Trinajstić information content (AvgIpc) is 2.14. The smallest absolute Gasteiger partial charge is 0.170 e. The summed E-state index contributed by atoms with van der Waals surface area (Å²) in [4.78, 5) is 2.42. The van der Waals surface area contributed by atoms with Crippen LogP contribution in [0.4, 0.5) is 0 Å². The van der Waals surface area contributed by atoms with Crippen molar-refractivity contribution in [3.63, 3.8) is 0 Å². The van der Waals surface area contributed by atoms with Gasteiger partial charge in [0.25, 0.3) is 0 Å². The first-order chi connectivity index (χ1) is 7.31. The van der Waals surface area contributed by atoms with E-state index >= 15 is 0 Å². The maximum absolute atomic E-state index is 5.55. The molecule has 1 N–H and O–H groups in total. The molecule has 0 radical (unpaired) electrons. The Bertz CT molecular complexity index is 157. The molecule has 0 spiro atoms. The van der Waals surface area contributed by atoms with Crippen molar-refractivity contribution in [1.82, 2.24) is 10.2 Å². The van der Waals surface area contributed by atoms with Crippen LogP contribution in [0.3, 0.4) is 0 Å². The van der Waals surface area contributed by atoms with Crippen molar-refractivity contribution in [3.8, 4) is 0 Å². The molecular weight excluding hydrogens is 192 g/mol. The van der Waals surface area contributed by atoms with Gasteiger partial charge in [-0.25, -0.2) is 0 Å². The Kier molecular flexibility index (Phi) is 6.17. The van der Waals surface area contributed by atoms with Crippen molar-refractivity contribution < 1.29 is 9.47 Å². The van der Waals surface area contributed by atoms with Crippen molar-refractivity contribution in [3.05, 3.63) is 0 Å². The van der Waals surface area contributed by atoms with Crippen LogP contribution in [0, 0.1) is 0 Å². The molecule has 0 amide bonds. The van der Waals surface area contributed by atoms with Crippen LogP contribution in [0.5, 0.6) is 0 Å². The molecule has 0 aromatic heterocycles. The average molecular weight is 216 g/mol. The maximum atomic E-state index is 5.55. The Morgan fingerprint density at radius 1 is 1.20 bits per heavy atom. The fourth-order valence-corrected chi connectivity index (χ4v) is 1.78. The molecule has 4 nitrogen and oxygen atoms in total. The van der Waals surface area contributed by atoms with E-state index in [1.807, 2.05) is 13.8 Å². The van der Waals surface area contributed by atoms with E-state index in [0.717, 1.165) is 26.2 Å². The molecule has 0 aromatic rings. The highest BCUT2D eigenvalue weighted by Gasteiger charge is 2.25. The Morgan fingerprint density at radius 2 is 1.80 bits per heavy atom. The van der Waals surface area contributed by atoms with Crippen molar-refractivity contribution in [2.24, 2.45) is 0 Å². The van der Waals surface area contributed by atoms with Crippen LogP contribution in [0.1, 0.15) is 20.8 Å². The molecule has 90 valence electrons. The second-order valence-corrected chi connectivity index (χ2v) is 3.74. The van der Waals surface area contributed by atoms with E-state index in [9.17, 15) is 0 Å². The zero-order valence-corrected chi connectivity index (χ0v) is 10.2. The van der Waals surface area contributed by atoms with Gasteiger partial charge >= 0.3 is 0 Å². The summed E-state index contributed by atoms with van der Waals surface area (Å²) >= 11 is 0. The molecule has 1 saturated heterocycles. The first-order valence-corrected chi connectivity index (χ1v) is 5.99. The van der Waals surface area contributed by atoms with Gasteiger partial charge in [-0.3, -0.25) is 4.90 Å². The van der Waals surface area contributed by atoms with E-state index < -0.39 is 0 Å². The van der Waals surface area contributed by atoms with Crippen molar-refractivity contribution >= 4 is 0 Å². The Labute approximate surface area is 92.9 Å². The van der Waals surface area contributed by atoms with E-state index in [1.54, 1.807) is 0 Å². The van der Waals surface area contributed by atoms with E-state index in [-0.39, 0.29) is 6.29 Å². The van der Waals surface area contributed by atoms with Crippen LogP contribution in [0.2, 0.25) is 0 Å². The molecule has 0 unspecified atom stereocenters. The summed E-state index contributed by atoms with van der Waals surface area (Å²) in [6.07, 6.45) is -0.0689. The Hall–Kier alpha value is -0.160. The topological polar surface area (TPSA) is 33.7 Å². The van der Waals surface area contributed by atoms with Gasteiger partial charge in [-0.2, -0.15) is 0 Å². The quantitative estimate of drug-likeness (QED) is 0.605. The number of hydrogen-bond acceptors (Lipinski definition) is 4. The predicted molar refractivity (Wildman–Crippen MR) is 60.9 cm³/mol.